The van der Waals surface area contributed by atoms with Crippen LogP contribution in [0.5, 0.6) is 0 Å². The average molecular weight is 249 g/mol. The van der Waals surface area contributed by atoms with Crippen LogP contribution in [0.15, 0.2) is 0 Å². The number of aliphatic hydroxyl groups excluding tert-OH is 3. The van der Waals surface area contributed by atoms with Crippen LogP contribution in [-0.2, 0) is 9.59 Å². The lowest BCUT2D eigenvalue weighted by molar-refractivity contribution is -0.138. The number of carboxylic acids is 1. The number of carbonyl (C=O) groups excluding carboxylic acids is 1. The zero-order valence-corrected chi connectivity index (χ0v) is 9.72. The van der Waals surface area contributed by atoms with Crippen molar-refractivity contribution in [3.8, 4) is 0 Å². The second kappa shape index (κ2) is 7.21. The summed E-state index contributed by atoms with van der Waals surface area (Å²) in [7, 11) is 0. The fourth-order valence-corrected chi connectivity index (χ4v) is 1.30. The van der Waals surface area contributed by atoms with Gasteiger partial charge in [-0.25, -0.2) is 0 Å². The first kappa shape index (κ1) is 15.8. The van der Waals surface area contributed by atoms with Crippen molar-refractivity contribution in [3.63, 3.8) is 0 Å². The highest BCUT2D eigenvalue weighted by molar-refractivity contribution is 5.78. The maximum Gasteiger partial charge on any atom is 0.303 e. The Morgan fingerprint density at radius 2 is 1.59 bits per heavy atom. The van der Waals surface area contributed by atoms with Gasteiger partial charge in [0.15, 0.2) is 0 Å². The van der Waals surface area contributed by atoms with E-state index in [4.69, 9.17) is 20.4 Å². The van der Waals surface area contributed by atoms with E-state index in [9.17, 15) is 9.59 Å². The minimum atomic E-state index is -1.46. The third-order valence-corrected chi connectivity index (χ3v) is 2.37. The van der Waals surface area contributed by atoms with Gasteiger partial charge in [-0.2, -0.15) is 0 Å². The van der Waals surface area contributed by atoms with Gasteiger partial charge in [-0.3, -0.25) is 9.59 Å². The third kappa shape index (κ3) is 5.62. The number of aliphatic carboxylic acids is 1. The summed E-state index contributed by atoms with van der Waals surface area (Å²) in [4.78, 5) is 21.9. The lowest BCUT2D eigenvalue weighted by Crippen LogP contribution is -2.57. The van der Waals surface area contributed by atoms with Crippen LogP contribution in [0, 0.1) is 5.92 Å². The van der Waals surface area contributed by atoms with Gasteiger partial charge in [-0.1, -0.05) is 6.92 Å². The van der Waals surface area contributed by atoms with E-state index in [1.54, 1.807) is 6.92 Å². The highest BCUT2D eigenvalue weighted by atomic mass is 16.4. The van der Waals surface area contributed by atoms with E-state index < -0.39 is 37.2 Å². The molecule has 5 N–H and O–H groups in total. The van der Waals surface area contributed by atoms with Gasteiger partial charge >= 0.3 is 5.97 Å². The monoisotopic (exact) mass is 249 g/mol. The number of carboxylic acid groups (broad SMARTS) is 1. The first-order chi connectivity index (χ1) is 7.89. The summed E-state index contributed by atoms with van der Waals surface area (Å²) >= 11 is 0. The Bertz CT molecular complexity index is 255. The highest BCUT2D eigenvalue weighted by Crippen LogP contribution is 2.09. The first-order valence-corrected chi connectivity index (χ1v) is 5.24. The van der Waals surface area contributed by atoms with Crippen LogP contribution in [0.1, 0.15) is 19.8 Å². The molecule has 0 aliphatic heterocycles. The van der Waals surface area contributed by atoms with E-state index in [0.717, 1.165) is 0 Å². The number of rotatable bonds is 8. The largest absolute Gasteiger partial charge is 0.481 e. The molecule has 7 heteroatoms. The number of hydrogen-bond acceptors (Lipinski definition) is 5. The first-order valence-electron chi connectivity index (χ1n) is 5.24. The van der Waals surface area contributed by atoms with E-state index in [0.29, 0.717) is 0 Å². The fraction of sp³-hybridized carbons (Fsp3) is 0.800. The number of nitrogens with one attached hydrogen (secondary N) is 1. The zero-order chi connectivity index (χ0) is 13.5. The number of hydrogen-bond donors (Lipinski definition) is 5. The van der Waals surface area contributed by atoms with Crippen LogP contribution in [0.4, 0.5) is 0 Å². The minimum absolute atomic E-state index is 0.0476. The van der Waals surface area contributed by atoms with Crippen molar-refractivity contribution in [1.29, 1.82) is 0 Å². The average Bonchev–Trinajstić information content (AvgIpc) is 2.24. The van der Waals surface area contributed by atoms with Crippen LogP contribution in [0.3, 0.4) is 0 Å². The molecule has 0 spiro atoms. The van der Waals surface area contributed by atoms with Crippen molar-refractivity contribution in [2.45, 2.75) is 25.3 Å². The van der Waals surface area contributed by atoms with Crippen molar-refractivity contribution in [2.75, 3.05) is 19.8 Å². The van der Waals surface area contributed by atoms with Gasteiger partial charge in [0, 0.05) is 12.8 Å². The van der Waals surface area contributed by atoms with Gasteiger partial charge in [0.2, 0.25) is 5.91 Å². The zero-order valence-electron chi connectivity index (χ0n) is 9.72. The molecule has 0 fully saturated rings. The molecule has 0 aromatic carbocycles. The molecule has 1 unspecified atom stereocenters. The minimum Gasteiger partial charge on any atom is -0.481 e. The van der Waals surface area contributed by atoms with Crippen LogP contribution in [0.2, 0.25) is 0 Å². The van der Waals surface area contributed by atoms with E-state index in [-0.39, 0.29) is 18.8 Å². The van der Waals surface area contributed by atoms with Crippen LogP contribution >= 0.6 is 0 Å². The summed E-state index contributed by atoms with van der Waals surface area (Å²) in [5, 5.41) is 37.7. The Morgan fingerprint density at radius 1 is 1.12 bits per heavy atom. The quantitative estimate of drug-likeness (QED) is 0.349. The predicted molar refractivity (Wildman–Crippen MR) is 58.2 cm³/mol. The van der Waals surface area contributed by atoms with E-state index in [1.807, 2.05) is 0 Å². The van der Waals surface area contributed by atoms with Gasteiger partial charge in [0.05, 0.1) is 19.8 Å². The molecular formula is C10H19NO6. The highest BCUT2D eigenvalue weighted by Gasteiger charge is 2.30. The molecule has 1 atom stereocenters. The van der Waals surface area contributed by atoms with Gasteiger partial charge in [0.25, 0.3) is 0 Å². The predicted octanol–water partition coefficient (Wildman–Crippen LogP) is -1.68. The summed E-state index contributed by atoms with van der Waals surface area (Å²) in [6.45, 7) is -0.191. The normalized spacial score (nSPS) is 13.2. The molecule has 0 bridgehead atoms. The van der Waals surface area contributed by atoms with Crippen molar-refractivity contribution >= 4 is 11.9 Å². The van der Waals surface area contributed by atoms with E-state index >= 15 is 0 Å². The second-order valence-corrected chi connectivity index (χ2v) is 4.21. The molecule has 0 aliphatic rings. The van der Waals surface area contributed by atoms with Gasteiger partial charge in [0.1, 0.15) is 5.54 Å². The maximum absolute atomic E-state index is 11.5. The molecule has 0 saturated heterocycles. The van der Waals surface area contributed by atoms with Crippen molar-refractivity contribution < 1.29 is 30.0 Å². The maximum atomic E-state index is 11.5. The molecule has 0 heterocycles. The standard InChI is InChI=1S/C10H19NO6/c1-7(3-9(16)17)2-8(15)11-10(4-12,5-13)6-14/h7,12-14H,2-6H2,1H3,(H,11,15)(H,16,17). The molecule has 0 rings (SSSR count). The van der Waals surface area contributed by atoms with Crippen molar-refractivity contribution in [3.05, 3.63) is 0 Å². The molecule has 0 aromatic rings. The van der Waals surface area contributed by atoms with Crippen molar-refractivity contribution in [1.82, 2.24) is 5.32 Å². The van der Waals surface area contributed by atoms with E-state index in [1.165, 1.54) is 0 Å². The van der Waals surface area contributed by atoms with E-state index in [2.05, 4.69) is 5.32 Å². The lowest BCUT2D eigenvalue weighted by Gasteiger charge is -2.29. The molecule has 7 nitrogen and oxygen atoms in total. The molecule has 0 saturated carbocycles. The third-order valence-electron chi connectivity index (χ3n) is 2.37. The topological polar surface area (TPSA) is 127 Å². The second-order valence-electron chi connectivity index (χ2n) is 4.21. The Kier molecular flexibility index (Phi) is 6.71. The van der Waals surface area contributed by atoms with Crippen LogP contribution < -0.4 is 5.32 Å². The smallest absolute Gasteiger partial charge is 0.303 e. The summed E-state index contributed by atoms with van der Waals surface area (Å²) in [6, 6.07) is 0. The van der Waals surface area contributed by atoms with Gasteiger partial charge in [-0.15, -0.1) is 0 Å². The molecular weight excluding hydrogens is 230 g/mol. The summed E-state index contributed by atoms with van der Waals surface area (Å²) < 4.78 is 0. The number of carbonyl (C=O) groups is 2. The number of aliphatic hydroxyl groups is 3. The Labute approximate surface area is 99.1 Å². The molecule has 17 heavy (non-hydrogen) atoms. The molecule has 100 valence electrons. The summed E-state index contributed by atoms with van der Waals surface area (Å²) in [5.41, 5.74) is -1.46. The molecule has 1 amide bonds. The van der Waals surface area contributed by atoms with Gasteiger partial charge in [-0.05, 0) is 5.92 Å². The molecule has 0 aromatic heterocycles. The van der Waals surface area contributed by atoms with Gasteiger partial charge < -0.3 is 25.7 Å². The van der Waals surface area contributed by atoms with Crippen molar-refractivity contribution in [2.24, 2.45) is 5.92 Å². The summed E-state index contributed by atoms with van der Waals surface area (Å²) in [6.07, 6.45) is -0.189. The summed E-state index contributed by atoms with van der Waals surface area (Å²) in [5.74, 6) is -1.87. The Hall–Kier alpha value is -1.18. The lowest BCUT2D eigenvalue weighted by atomic mass is 10.00. The molecule has 0 aliphatic carbocycles. The number of amides is 1. The molecule has 0 radical (unpaired) electrons. The Morgan fingerprint density at radius 3 is 1.94 bits per heavy atom. The Balaban J connectivity index is 4.28. The SMILES string of the molecule is CC(CC(=O)O)CC(=O)NC(CO)(CO)CO. The van der Waals surface area contributed by atoms with Crippen LogP contribution in [0.25, 0.3) is 0 Å². The van der Waals surface area contributed by atoms with Crippen LogP contribution in [-0.4, -0.2) is 57.7 Å². The fourth-order valence-electron chi connectivity index (χ4n) is 1.30.